The highest BCUT2D eigenvalue weighted by Crippen LogP contribution is 2.27. The zero-order chi connectivity index (χ0) is 52.4. The smallest absolute Gasteiger partial charge is 0.352 e. The number of hydrogen-bond acceptors (Lipinski definition) is 16. The van der Waals surface area contributed by atoms with Gasteiger partial charge in [-0.3, -0.25) is 28.4 Å². The minimum Gasteiger partial charge on any atom is -0.423 e. The third-order valence-corrected chi connectivity index (χ3v) is 11.3. The number of anilines is 4. The SMILES string of the molecule is CC1(C)OCC(CON)O1.Cn1c(=O)c(C(=O)NOCC2COC(C)(C)O2)c(Nc2ccc(I)cc2F)n(CF)c1=O.Cn1c(=O)c(C(=O)Oc2ccccc2)c(Nc2ccc(I)cc2F)n(CF)c1=O. The number of benzene rings is 3. The van der Waals surface area contributed by atoms with Gasteiger partial charge in [-0.05, 0) is 121 Å². The summed E-state index contributed by atoms with van der Waals surface area (Å²) in [6.07, 6.45) is -0.480. The topological polar surface area (TPSA) is 249 Å². The number of carbonyl (C=O) groups is 2. The van der Waals surface area contributed by atoms with Gasteiger partial charge in [-0.2, -0.15) is 0 Å². The van der Waals surface area contributed by atoms with E-state index < -0.39 is 100 Å². The Morgan fingerprint density at radius 1 is 0.718 bits per heavy atom. The van der Waals surface area contributed by atoms with Crippen molar-refractivity contribution in [2.24, 2.45) is 20.0 Å². The van der Waals surface area contributed by atoms with Crippen LogP contribution in [0.2, 0.25) is 0 Å². The maximum Gasteiger partial charge on any atom is 0.352 e. The number of esters is 1. The van der Waals surface area contributed by atoms with Crippen LogP contribution in [0.4, 0.5) is 40.6 Å². The van der Waals surface area contributed by atoms with Crippen LogP contribution < -0.4 is 49.2 Å². The lowest BCUT2D eigenvalue weighted by Crippen LogP contribution is -2.44. The van der Waals surface area contributed by atoms with Crippen molar-refractivity contribution in [2.75, 3.05) is 37.1 Å². The molecule has 0 bridgehead atoms. The van der Waals surface area contributed by atoms with E-state index in [-0.39, 0.29) is 36.4 Å². The number of nitrogens with one attached hydrogen (secondary N) is 3. The summed E-state index contributed by atoms with van der Waals surface area (Å²) in [4.78, 5) is 85.0. The molecule has 2 atom stereocenters. The molecule has 0 aliphatic carbocycles. The van der Waals surface area contributed by atoms with E-state index in [4.69, 9.17) is 34.4 Å². The van der Waals surface area contributed by atoms with Crippen LogP contribution >= 0.6 is 45.2 Å². The zero-order valence-electron chi connectivity index (χ0n) is 38.7. The number of nitrogens with zero attached hydrogens (tertiary/aromatic N) is 4. The largest absolute Gasteiger partial charge is 0.423 e. The normalized spacial score (nSPS) is 16.5. The van der Waals surface area contributed by atoms with E-state index in [1.54, 1.807) is 44.2 Å². The Labute approximate surface area is 428 Å². The van der Waals surface area contributed by atoms with E-state index in [0.29, 0.717) is 38.6 Å². The van der Waals surface area contributed by atoms with E-state index in [2.05, 4.69) is 21.0 Å². The molecule has 5 N–H and O–H groups in total. The van der Waals surface area contributed by atoms with Crippen molar-refractivity contribution in [1.82, 2.24) is 23.7 Å². The molecular formula is C44H48F4I2N8O13. The summed E-state index contributed by atoms with van der Waals surface area (Å²) < 4.78 is 86.1. The van der Waals surface area contributed by atoms with Crippen LogP contribution in [0, 0.1) is 18.8 Å². The quantitative estimate of drug-likeness (QED) is 0.0376. The van der Waals surface area contributed by atoms with Crippen LogP contribution in [0.25, 0.3) is 0 Å². The number of amides is 1. The molecule has 2 aliphatic rings. The first-order chi connectivity index (χ1) is 33.5. The highest BCUT2D eigenvalue weighted by molar-refractivity contribution is 14.1. The van der Waals surface area contributed by atoms with Crippen molar-refractivity contribution in [3.63, 3.8) is 0 Å². The van der Waals surface area contributed by atoms with Crippen molar-refractivity contribution in [3.05, 3.63) is 138 Å². The van der Waals surface area contributed by atoms with Gasteiger partial charge < -0.3 is 39.2 Å². The fourth-order valence-electron chi connectivity index (χ4n) is 6.54. The van der Waals surface area contributed by atoms with Crippen LogP contribution in [-0.4, -0.2) is 80.4 Å². The first-order valence-electron chi connectivity index (χ1n) is 20.9. The Morgan fingerprint density at radius 2 is 1.17 bits per heavy atom. The molecule has 2 aromatic heterocycles. The molecule has 21 nitrogen and oxygen atoms in total. The molecule has 384 valence electrons. The Bertz CT molecular complexity index is 2970. The predicted octanol–water partition coefficient (Wildman–Crippen LogP) is 4.98. The van der Waals surface area contributed by atoms with Gasteiger partial charge in [0.15, 0.2) is 30.7 Å². The number of hydroxylamine groups is 1. The van der Waals surface area contributed by atoms with Crippen LogP contribution in [-0.2, 0) is 56.3 Å². The lowest BCUT2D eigenvalue weighted by molar-refractivity contribution is -0.147. The maximum atomic E-state index is 14.3. The summed E-state index contributed by atoms with van der Waals surface area (Å²) in [6.45, 7) is 5.54. The Morgan fingerprint density at radius 3 is 1.59 bits per heavy atom. The lowest BCUT2D eigenvalue weighted by atomic mass is 10.2. The summed E-state index contributed by atoms with van der Waals surface area (Å²) in [5.74, 6) is -0.874. The van der Waals surface area contributed by atoms with Crippen LogP contribution in [0.1, 0.15) is 48.4 Å². The molecule has 0 saturated carbocycles. The summed E-state index contributed by atoms with van der Waals surface area (Å²) in [6, 6.07) is 16.1. The predicted molar refractivity (Wildman–Crippen MR) is 264 cm³/mol. The molecule has 0 spiro atoms. The van der Waals surface area contributed by atoms with Crippen molar-refractivity contribution >= 4 is 80.1 Å². The summed E-state index contributed by atoms with van der Waals surface area (Å²) in [5, 5.41) is 4.98. The van der Waals surface area contributed by atoms with E-state index in [1.807, 2.05) is 59.0 Å². The van der Waals surface area contributed by atoms with Crippen molar-refractivity contribution in [2.45, 2.75) is 65.1 Å². The Kier molecular flexibility index (Phi) is 19.6. The number of para-hydroxylation sites is 1. The lowest BCUT2D eigenvalue weighted by Gasteiger charge is -2.18. The molecular weight excluding hydrogens is 1180 g/mol. The minimum atomic E-state index is -1.37. The molecule has 2 unspecified atom stereocenters. The first-order valence-corrected chi connectivity index (χ1v) is 23.0. The van der Waals surface area contributed by atoms with Crippen molar-refractivity contribution in [1.29, 1.82) is 0 Å². The molecule has 71 heavy (non-hydrogen) atoms. The van der Waals surface area contributed by atoms with Crippen molar-refractivity contribution < 1.29 is 60.5 Å². The van der Waals surface area contributed by atoms with Gasteiger partial charge in [0, 0.05) is 21.2 Å². The van der Waals surface area contributed by atoms with Gasteiger partial charge in [0.05, 0.1) is 31.2 Å². The molecule has 27 heteroatoms. The van der Waals surface area contributed by atoms with Crippen LogP contribution in [0.15, 0.2) is 85.9 Å². The van der Waals surface area contributed by atoms with Gasteiger partial charge in [0.2, 0.25) is 0 Å². The number of halogens is 6. The summed E-state index contributed by atoms with van der Waals surface area (Å²) >= 11 is 3.80. The van der Waals surface area contributed by atoms with Gasteiger partial charge in [0.25, 0.3) is 17.0 Å². The number of nitrogens with two attached hydrogens (primary N) is 1. The molecule has 2 aliphatic heterocycles. The fraction of sp³-hybridized carbons (Fsp3) is 0.364. The monoisotopic (exact) mass is 1230 g/mol. The molecule has 0 radical (unpaired) electrons. The Hall–Kier alpha value is -5.54. The maximum absolute atomic E-state index is 14.3. The highest BCUT2D eigenvalue weighted by Gasteiger charge is 2.34. The van der Waals surface area contributed by atoms with Crippen molar-refractivity contribution in [3.8, 4) is 5.75 Å². The standard InChI is InChI=1S/C19H21F2IN4O6.C19H14F2IN3O4.C6H13NO3/c1-19(2)30-7-11(32-19)8-31-24-16(27)14-15(23-13-5-4-10(22)6-12(13)21)26(9-20)18(29)25(3)17(14)28;1-24-17(26)15(18(27)29-12-5-3-2-4-6-12)16(25(10-20)19(24)28)23-14-8-7-11(22)9-13(14)21;1-6(2)8-3-5(10-6)4-9-7/h4-6,11,23H,7-9H2,1-3H3,(H,24,27);2-9,23H,10H2,1H3;5H,3-4,7H2,1-2H3. The van der Waals surface area contributed by atoms with E-state index in [9.17, 15) is 46.3 Å². The molecule has 5 aromatic rings. The molecule has 1 amide bonds. The zero-order valence-corrected chi connectivity index (χ0v) is 43.0. The second-order valence-electron chi connectivity index (χ2n) is 16.0. The molecule has 7 rings (SSSR count). The minimum absolute atomic E-state index is 0.0139. The third kappa shape index (κ3) is 14.6. The van der Waals surface area contributed by atoms with Gasteiger partial charge in [-0.25, -0.2) is 52.5 Å². The molecule has 2 saturated heterocycles. The number of rotatable bonds is 14. The van der Waals surface area contributed by atoms with Gasteiger partial charge in [-0.15, -0.1) is 0 Å². The second-order valence-corrected chi connectivity index (χ2v) is 18.5. The van der Waals surface area contributed by atoms with E-state index >= 15 is 0 Å². The fourth-order valence-corrected chi connectivity index (χ4v) is 7.44. The molecule has 3 aromatic carbocycles. The first kappa shape index (κ1) is 56.4. The number of alkyl halides is 2. The number of carbonyl (C=O) groups excluding carboxylic acids is 2. The average Bonchev–Trinajstić information content (AvgIpc) is 3.85. The van der Waals surface area contributed by atoms with Gasteiger partial charge in [-0.1, -0.05) is 18.2 Å². The van der Waals surface area contributed by atoms with E-state index in [1.165, 1.54) is 36.4 Å². The molecule has 2 fully saturated rings. The average molecular weight is 1230 g/mol. The molecule has 4 heterocycles. The number of ether oxygens (including phenoxy) is 5. The number of hydrogen-bond donors (Lipinski definition) is 4. The summed E-state index contributed by atoms with van der Waals surface area (Å²) in [7, 11) is 2.20. The third-order valence-electron chi connectivity index (χ3n) is 9.93. The number of aromatic nitrogens is 4. The van der Waals surface area contributed by atoms with Crippen LogP contribution in [0.5, 0.6) is 5.75 Å². The van der Waals surface area contributed by atoms with E-state index in [0.717, 1.165) is 14.1 Å². The van der Waals surface area contributed by atoms with Gasteiger partial charge >= 0.3 is 17.3 Å². The van der Waals surface area contributed by atoms with Crippen LogP contribution in [0.3, 0.4) is 0 Å². The summed E-state index contributed by atoms with van der Waals surface area (Å²) in [5.41, 5.74) is -3.55. The highest BCUT2D eigenvalue weighted by atomic mass is 127. The Balaban J connectivity index is 0.000000222. The second kappa shape index (κ2) is 24.7. The van der Waals surface area contributed by atoms with Gasteiger partial charge in [0.1, 0.15) is 53.4 Å².